The number of ether oxygens (including phenoxy) is 1. The van der Waals surface area contributed by atoms with Crippen molar-refractivity contribution < 1.29 is 4.74 Å². The predicted molar refractivity (Wildman–Crippen MR) is 85.1 cm³/mol. The van der Waals surface area contributed by atoms with Crippen molar-refractivity contribution in [1.82, 2.24) is 0 Å². The molecule has 0 amide bonds. The second-order valence-electron chi connectivity index (χ2n) is 5.44. The Labute approximate surface area is 129 Å². The van der Waals surface area contributed by atoms with Gasteiger partial charge in [-0.3, -0.25) is 0 Å². The highest BCUT2D eigenvalue weighted by Gasteiger charge is 2.18. The number of methoxy groups -OCH3 is 1. The van der Waals surface area contributed by atoms with Gasteiger partial charge in [0.1, 0.15) is 5.75 Å². The van der Waals surface area contributed by atoms with Crippen molar-refractivity contribution in [1.29, 1.82) is 0 Å². The molecule has 1 aliphatic carbocycles. The van der Waals surface area contributed by atoms with Crippen molar-refractivity contribution in [3.8, 4) is 5.75 Å². The van der Waals surface area contributed by atoms with Gasteiger partial charge in [-0.2, -0.15) is 0 Å². The second-order valence-corrected chi connectivity index (χ2v) is 6.88. The molecule has 1 aliphatic rings. The molecule has 1 aromatic carbocycles. The third-order valence-electron chi connectivity index (χ3n) is 4.08. The lowest BCUT2D eigenvalue weighted by atomic mass is 9.85. The lowest BCUT2D eigenvalue weighted by Crippen LogP contribution is -2.07. The van der Waals surface area contributed by atoms with Gasteiger partial charge in [-0.15, -0.1) is 11.6 Å². The first-order valence-corrected chi connectivity index (χ1v) is 8.41. The minimum absolute atomic E-state index is 0.0503. The Balaban J connectivity index is 1.94. The van der Waals surface area contributed by atoms with Crippen LogP contribution < -0.4 is 4.74 Å². The highest BCUT2D eigenvalue weighted by atomic mass is 79.9. The topological polar surface area (TPSA) is 9.23 Å². The highest BCUT2D eigenvalue weighted by molar-refractivity contribution is 9.10. The Hall–Kier alpha value is -0.210. The van der Waals surface area contributed by atoms with Crippen molar-refractivity contribution >= 4 is 27.5 Å². The number of hydrogen-bond donors (Lipinski definition) is 0. The minimum atomic E-state index is 0.0503. The van der Waals surface area contributed by atoms with Crippen molar-refractivity contribution in [3.05, 3.63) is 28.2 Å². The normalized spacial score (nSPS) is 18.3. The Morgan fingerprint density at radius 2 is 2.05 bits per heavy atom. The lowest BCUT2D eigenvalue weighted by Gasteiger charge is -2.23. The molecule has 1 aromatic rings. The summed E-state index contributed by atoms with van der Waals surface area (Å²) in [5.74, 6) is 1.78. The van der Waals surface area contributed by atoms with Gasteiger partial charge >= 0.3 is 0 Å². The van der Waals surface area contributed by atoms with Gasteiger partial charge in [0.25, 0.3) is 0 Å². The van der Waals surface area contributed by atoms with E-state index in [4.69, 9.17) is 16.3 Å². The van der Waals surface area contributed by atoms with E-state index in [-0.39, 0.29) is 5.38 Å². The van der Waals surface area contributed by atoms with Crippen LogP contribution in [0.2, 0.25) is 0 Å². The fraction of sp³-hybridized carbons (Fsp3) is 0.625. The van der Waals surface area contributed by atoms with E-state index in [1.54, 1.807) is 7.11 Å². The van der Waals surface area contributed by atoms with Crippen LogP contribution in [0.25, 0.3) is 0 Å². The third kappa shape index (κ3) is 4.39. The van der Waals surface area contributed by atoms with Crippen LogP contribution in [0.5, 0.6) is 5.75 Å². The predicted octanol–water partition coefficient (Wildman–Crippen LogP) is 6.10. The average Bonchev–Trinajstić information content (AvgIpc) is 2.46. The van der Waals surface area contributed by atoms with Crippen LogP contribution in [-0.2, 0) is 0 Å². The fourth-order valence-corrected chi connectivity index (χ4v) is 3.64. The summed E-state index contributed by atoms with van der Waals surface area (Å²) in [6, 6.07) is 6.06. The minimum Gasteiger partial charge on any atom is -0.496 e. The van der Waals surface area contributed by atoms with E-state index < -0.39 is 0 Å². The fourth-order valence-electron chi connectivity index (χ4n) is 2.96. The monoisotopic (exact) mass is 344 g/mol. The Bertz CT molecular complexity index is 402. The molecule has 0 aliphatic heterocycles. The van der Waals surface area contributed by atoms with Crippen LogP contribution in [-0.4, -0.2) is 7.11 Å². The SMILES string of the molecule is COc1ccc(Br)cc1C(Cl)CCC1CCCCC1. The molecule has 0 saturated heterocycles. The highest BCUT2D eigenvalue weighted by Crippen LogP contribution is 2.37. The lowest BCUT2D eigenvalue weighted by molar-refractivity contribution is 0.330. The van der Waals surface area contributed by atoms with Gasteiger partial charge in [-0.25, -0.2) is 0 Å². The van der Waals surface area contributed by atoms with Crippen molar-refractivity contribution in [2.75, 3.05) is 7.11 Å². The summed E-state index contributed by atoms with van der Waals surface area (Å²) in [7, 11) is 1.71. The van der Waals surface area contributed by atoms with E-state index in [1.165, 1.54) is 38.5 Å². The standard InChI is InChI=1S/C16H22BrClO/c1-19-16-10-8-13(17)11-14(16)15(18)9-7-12-5-3-2-4-6-12/h8,10-12,15H,2-7,9H2,1H3. The molecule has 0 N–H and O–H groups in total. The molecule has 0 spiro atoms. The summed E-state index contributed by atoms with van der Waals surface area (Å²) >= 11 is 10.1. The molecule has 19 heavy (non-hydrogen) atoms. The van der Waals surface area contributed by atoms with Crippen LogP contribution >= 0.6 is 27.5 Å². The number of alkyl halides is 1. The Morgan fingerprint density at radius 3 is 2.74 bits per heavy atom. The first-order valence-electron chi connectivity index (χ1n) is 7.18. The van der Waals surface area contributed by atoms with E-state index in [9.17, 15) is 0 Å². The number of benzene rings is 1. The molecule has 0 bridgehead atoms. The van der Waals surface area contributed by atoms with Crippen molar-refractivity contribution in [2.45, 2.75) is 50.3 Å². The zero-order chi connectivity index (χ0) is 13.7. The van der Waals surface area contributed by atoms with Gasteiger partial charge in [0.15, 0.2) is 0 Å². The molecule has 0 aromatic heterocycles. The molecule has 2 rings (SSSR count). The maximum Gasteiger partial charge on any atom is 0.123 e. The summed E-state index contributed by atoms with van der Waals surface area (Å²) in [5, 5.41) is 0.0503. The average molecular weight is 346 g/mol. The maximum absolute atomic E-state index is 6.58. The molecule has 106 valence electrons. The second kappa shape index (κ2) is 7.54. The van der Waals surface area contributed by atoms with Gasteiger partial charge in [0, 0.05) is 10.0 Å². The van der Waals surface area contributed by atoms with Crippen LogP contribution in [0.15, 0.2) is 22.7 Å². The number of hydrogen-bond acceptors (Lipinski definition) is 1. The molecule has 1 fully saturated rings. The summed E-state index contributed by atoms with van der Waals surface area (Å²) in [6.45, 7) is 0. The Morgan fingerprint density at radius 1 is 1.32 bits per heavy atom. The van der Waals surface area contributed by atoms with Gasteiger partial charge in [-0.1, -0.05) is 48.0 Å². The number of rotatable bonds is 5. The first kappa shape index (κ1) is 15.2. The summed E-state index contributed by atoms with van der Waals surface area (Å²) < 4.78 is 6.47. The Kier molecular flexibility index (Phi) is 6.03. The van der Waals surface area contributed by atoms with Gasteiger partial charge in [-0.05, 0) is 37.0 Å². The summed E-state index contributed by atoms with van der Waals surface area (Å²) in [4.78, 5) is 0. The molecule has 1 atom stereocenters. The number of halogens is 2. The molecule has 1 unspecified atom stereocenters. The van der Waals surface area contributed by atoms with Crippen LogP contribution in [0.4, 0.5) is 0 Å². The summed E-state index contributed by atoms with van der Waals surface area (Å²) in [6.07, 6.45) is 9.28. The molecule has 3 heteroatoms. The zero-order valence-electron chi connectivity index (χ0n) is 11.5. The largest absolute Gasteiger partial charge is 0.496 e. The van der Waals surface area contributed by atoms with Crippen molar-refractivity contribution in [2.24, 2.45) is 5.92 Å². The van der Waals surface area contributed by atoms with E-state index in [0.29, 0.717) is 0 Å². The maximum atomic E-state index is 6.58. The first-order chi connectivity index (χ1) is 9.20. The third-order valence-corrected chi connectivity index (χ3v) is 5.03. The molecular weight excluding hydrogens is 324 g/mol. The van der Waals surface area contributed by atoms with E-state index in [2.05, 4.69) is 22.0 Å². The van der Waals surface area contributed by atoms with E-state index in [0.717, 1.165) is 28.1 Å². The molecule has 1 nitrogen and oxygen atoms in total. The van der Waals surface area contributed by atoms with Crippen LogP contribution in [0.1, 0.15) is 55.9 Å². The van der Waals surface area contributed by atoms with Crippen LogP contribution in [0, 0.1) is 5.92 Å². The van der Waals surface area contributed by atoms with E-state index >= 15 is 0 Å². The molecule has 0 heterocycles. The molecule has 0 radical (unpaired) electrons. The van der Waals surface area contributed by atoms with Crippen LogP contribution in [0.3, 0.4) is 0 Å². The van der Waals surface area contributed by atoms with Gasteiger partial charge in [0.2, 0.25) is 0 Å². The van der Waals surface area contributed by atoms with E-state index in [1.807, 2.05) is 12.1 Å². The van der Waals surface area contributed by atoms with Gasteiger partial charge in [0.05, 0.1) is 12.5 Å². The zero-order valence-corrected chi connectivity index (χ0v) is 13.8. The van der Waals surface area contributed by atoms with Gasteiger partial charge < -0.3 is 4.74 Å². The van der Waals surface area contributed by atoms with Crippen molar-refractivity contribution in [3.63, 3.8) is 0 Å². The summed E-state index contributed by atoms with van der Waals surface area (Å²) in [5.41, 5.74) is 1.11. The quantitative estimate of drug-likeness (QED) is 0.586. The molecule has 1 saturated carbocycles. The smallest absolute Gasteiger partial charge is 0.123 e. The molecular formula is C16H22BrClO.